The van der Waals surface area contributed by atoms with Gasteiger partial charge in [0, 0.05) is 9.52 Å². The van der Waals surface area contributed by atoms with E-state index in [-0.39, 0.29) is 0 Å². The minimum absolute atomic E-state index is 0.826. The van der Waals surface area contributed by atoms with Crippen LogP contribution in [-0.4, -0.2) is 9.52 Å². The second kappa shape index (κ2) is 19.0. The molecule has 0 nitrogen and oxygen atoms in total. The molecule has 8 aromatic carbocycles. The number of aryl methyl sites for hydroxylation is 2. The Morgan fingerprint density at radius 1 is 0.440 bits per heavy atom. The normalized spacial score (nSPS) is 10.2. The molecule has 0 heterocycles. The van der Waals surface area contributed by atoms with E-state index in [4.69, 9.17) is 17.0 Å². The Bertz CT molecular complexity index is 2040. The van der Waals surface area contributed by atoms with Crippen molar-refractivity contribution in [3.63, 3.8) is 0 Å². The summed E-state index contributed by atoms with van der Waals surface area (Å²) in [6.45, 7) is 8.56. The third-order valence-corrected chi connectivity index (χ3v) is 8.44. The summed E-state index contributed by atoms with van der Waals surface area (Å²) in [5.41, 5.74) is 12.9. The Balaban J connectivity index is 0.000000168. The van der Waals surface area contributed by atoms with E-state index in [1.54, 1.807) is 0 Å². The third kappa shape index (κ3) is 9.71. The van der Waals surface area contributed by atoms with E-state index in [1.165, 1.54) is 77.2 Å². The molecule has 0 saturated heterocycles. The summed E-state index contributed by atoms with van der Waals surface area (Å²) in [7, 11) is 11.0. The molecule has 8 rings (SSSR count). The van der Waals surface area contributed by atoms with Gasteiger partial charge in [0.1, 0.15) is 0 Å². The van der Waals surface area contributed by atoms with Crippen molar-refractivity contribution in [2.24, 2.45) is 0 Å². The van der Waals surface area contributed by atoms with E-state index in [9.17, 15) is 0 Å². The van der Waals surface area contributed by atoms with Crippen LogP contribution < -0.4 is 0 Å². The van der Waals surface area contributed by atoms with Crippen LogP contribution in [0.5, 0.6) is 0 Å². The number of benzene rings is 6. The van der Waals surface area contributed by atoms with E-state index in [2.05, 4.69) is 197 Å². The first-order valence-electron chi connectivity index (χ1n) is 16.6. The van der Waals surface area contributed by atoms with Gasteiger partial charge in [-0.2, -0.15) is 0 Å². The zero-order chi connectivity index (χ0) is 35.3. The van der Waals surface area contributed by atoms with Gasteiger partial charge in [-0.3, -0.25) is 0 Å². The third-order valence-electron chi connectivity index (χ3n) is 8.44. The number of halogens is 2. The molecule has 0 unspecified atom stereocenters. The Morgan fingerprint density at radius 2 is 0.780 bits per heavy atom. The second-order valence-electron chi connectivity index (χ2n) is 12.1. The van der Waals surface area contributed by atoms with E-state index in [0.29, 0.717) is 0 Å². The quantitative estimate of drug-likeness (QED) is 0.123. The summed E-state index contributed by atoms with van der Waals surface area (Å²) in [6.07, 6.45) is 0. The molecule has 0 bridgehead atoms. The van der Waals surface area contributed by atoms with Gasteiger partial charge in [-0.15, -0.1) is 69.1 Å². The first-order valence-corrected chi connectivity index (χ1v) is 25.0. The molecule has 0 aliphatic heterocycles. The van der Waals surface area contributed by atoms with Crippen molar-refractivity contribution in [2.75, 3.05) is 0 Å². The maximum atomic E-state index is 4.93. The molecule has 0 aliphatic rings. The van der Waals surface area contributed by atoms with E-state index in [1.807, 2.05) is 0 Å². The van der Waals surface area contributed by atoms with Crippen LogP contribution in [0.3, 0.4) is 0 Å². The van der Waals surface area contributed by atoms with E-state index < -0.39 is 20.8 Å². The van der Waals surface area contributed by atoms with Gasteiger partial charge in [-0.05, 0) is 25.0 Å². The zero-order valence-electron chi connectivity index (χ0n) is 28.9. The molecule has 4 heteroatoms. The van der Waals surface area contributed by atoms with Gasteiger partial charge in [-0.1, -0.05) is 180 Å². The summed E-state index contributed by atoms with van der Waals surface area (Å²) < 4.78 is 0. The molecule has 0 fully saturated rings. The monoisotopic (exact) mass is 780 g/mol. The van der Waals surface area contributed by atoms with Crippen LogP contribution in [0, 0.1) is 13.8 Å². The van der Waals surface area contributed by atoms with E-state index in [0.717, 1.165) is 9.52 Å². The molecule has 0 aliphatic carbocycles. The predicted molar refractivity (Wildman–Crippen MR) is 219 cm³/mol. The van der Waals surface area contributed by atoms with Crippen LogP contribution in [0.1, 0.15) is 11.1 Å². The second-order valence-corrected chi connectivity index (χ2v) is 16.9. The first kappa shape index (κ1) is 37.5. The van der Waals surface area contributed by atoms with Crippen LogP contribution >= 0.6 is 17.0 Å². The van der Waals surface area contributed by atoms with Gasteiger partial charge in [0.05, 0.1) is 0 Å². The fourth-order valence-corrected chi connectivity index (χ4v) is 6.03. The summed E-state index contributed by atoms with van der Waals surface area (Å²) in [6, 6.07) is 61.0. The summed E-state index contributed by atoms with van der Waals surface area (Å²) >= 11 is -0.826. The summed E-state index contributed by atoms with van der Waals surface area (Å²) in [4.78, 5) is 0. The van der Waals surface area contributed by atoms with Crippen LogP contribution in [0.15, 0.2) is 170 Å². The van der Waals surface area contributed by atoms with Crippen molar-refractivity contribution in [1.29, 1.82) is 0 Å². The molecule has 50 heavy (non-hydrogen) atoms. The average Bonchev–Trinajstić information content (AvgIpc) is 3.80. The van der Waals surface area contributed by atoms with Crippen molar-refractivity contribution in [2.45, 2.75) is 26.9 Å². The predicted octanol–water partition coefficient (Wildman–Crippen LogP) is 14.6. The van der Waals surface area contributed by atoms with Gasteiger partial charge in [0.25, 0.3) is 0 Å². The molecule has 0 atom stereocenters. The Morgan fingerprint density at radius 3 is 1.12 bits per heavy atom. The number of hydrogen-bond donors (Lipinski definition) is 0. The molecule has 8 aromatic rings. The van der Waals surface area contributed by atoms with Crippen molar-refractivity contribution in [3.8, 4) is 44.5 Å². The molecule has 0 amide bonds. The van der Waals surface area contributed by atoms with Gasteiger partial charge in [0.2, 0.25) is 0 Å². The summed E-state index contributed by atoms with van der Waals surface area (Å²) in [5.74, 6) is 0. The molecular weight excluding hydrogens is 743 g/mol. The standard InChI is InChI=1S/2C22H17.C2H6Si.2ClH.Zr/c2*1-16-10-12-18(13-11-16)21-9-5-8-19-14-20(15-22(19)21)17-6-3-2-4-7-17;1-3-2;;;/h2*2-15H,1H3;1-2H3;2*1H;/q2*-1;;;;+4/p-2. The topological polar surface area (TPSA) is 0 Å². The number of hydrogen-bond acceptors (Lipinski definition) is 0. The fourth-order valence-electron chi connectivity index (χ4n) is 6.03. The van der Waals surface area contributed by atoms with Gasteiger partial charge >= 0.3 is 37.9 Å². The number of fused-ring (bicyclic) bond motifs is 2. The van der Waals surface area contributed by atoms with Crippen LogP contribution in [0.25, 0.3) is 66.1 Å². The average molecular weight is 783 g/mol. The fraction of sp³-hybridized carbons (Fsp3) is 0.0870. The minimum atomic E-state index is -0.826. The molecule has 246 valence electrons. The molecule has 0 spiro atoms. The van der Waals surface area contributed by atoms with Crippen molar-refractivity contribution >= 4 is 48.1 Å². The first-order chi connectivity index (χ1) is 24.4. The maximum absolute atomic E-state index is 4.93. The van der Waals surface area contributed by atoms with Crippen molar-refractivity contribution in [3.05, 3.63) is 181 Å². The van der Waals surface area contributed by atoms with Crippen molar-refractivity contribution in [1.82, 2.24) is 0 Å². The van der Waals surface area contributed by atoms with Crippen LogP contribution in [0.4, 0.5) is 0 Å². The van der Waals surface area contributed by atoms with Crippen LogP contribution in [-0.2, 0) is 20.8 Å². The van der Waals surface area contributed by atoms with E-state index >= 15 is 0 Å². The van der Waals surface area contributed by atoms with Gasteiger partial charge in [-0.25, -0.2) is 0 Å². The Labute approximate surface area is 319 Å². The number of rotatable bonds is 4. The molecular formula is C46H40Cl2SiZr. The van der Waals surface area contributed by atoms with Gasteiger partial charge in [0.15, 0.2) is 0 Å². The Hall–Kier alpha value is -3.78. The molecule has 2 radical (unpaired) electrons. The van der Waals surface area contributed by atoms with Gasteiger partial charge < -0.3 is 0 Å². The summed E-state index contributed by atoms with van der Waals surface area (Å²) in [5, 5.41) is 5.25. The molecule has 0 aromatic heterocycles. The molecule has 0 N–H and O–H groups in total. The Kier molecular flexibility index (Phi) is 14.2. The molecule has 0 saturated carbocycles. The van der Waals surface area contributed by atoms with Crippen LogP contribution in [0.2, 0.25) is 13.1 Å². The zero-order valence-corrected chi connectivity index (χ0v) is 33.9. The SMILES string of the molecule is C[Si]C.Cc1ccc(-c2cccc3[cH-]c(-c4ccccc4)cc23)cc1.Cc1ccc(-c2cccc3[cH-]c(-c4ccccc4)cc23)cc1.[Cl][Zr+2][Cl]. The van der Waals surface area contributed by atoms with Crippen molar-refractivity contribution < 1.29 is 20.8 Å².